The summed E-state index contributed by atoms with van der Waals surface area (Å²) in [6.07, 6.45) is 0.185. The van der Waals surface area contributed by atoms with Crippen LogP contribution in [0.5, 0.6) is 0 Å². The zero-order chi connectivity index (χ0) is 14.5. The molecule has 0 spiro atoms. The number of nitrogens with one attached hydrogen (secondary N) is 1. The summed E-state index contributed by atoms with van der Waals surface area (Å²) in [6.45, 7) is 4.48. The van der Waals surface area contributed by atoms with Crippen molar-refractivity contribution < 1.29 is 13.9 Å². The topological polar surface area (TPSA) is 45.4 Å². The summed E-state index contributed by atoms with van der Waals surface area (Å²) in [5, 5.41) is 13.4. The molecule has 0 radical (unpaired) electrons. The monoisotopic (exact) mass is 277 g/mol. The van der Waals surface area contributed by atoms with Gasteiger partial charge in [0, 0.05) is 12.5 Å². The Morgan fingerprint density at radius 3 is 2.40 bits per heavy atom. The second-order valence-electron chi connectivity index (χ2n) is 4.89. The van der Waals surface area contributed by atoms with Crippen LogP contribution in [0.1, 0.15) is 37.0 Å². The van der Waals surface area contributed by atoms with Gasteiger partial charge in [0.1, 0.15) is 17.3 Å². The third kappa shape index (κ3) is 3.68. The fourth-order valence-corrected chi connectivity index (χ4v) is 2.03. The zero-order valence-electron chi connectivity index (χ0n) is 11.8. The molecule has 2 aromatic rings. The third-order valence-electron chi connectivity index (χ3n) is 3.35. The van der Waals surface area contributed by atoms with E-state index >= 15 is 0 Å². The minimum Gasteiger partial charge on any atom is -0.465 e. The Bertz CT molecular complexity index is 536. The number of rotatable bonds is 6. The molecule has 0 aliphatic rings. The third-order valence-corrected chi connectivity index (χ3v) is 3.35. The van der Waals surface area contributed by atoms with E-state index in [1.807, 2.05) is 26.0 Å². The number of halogens is 1. The van der Waals surface area contributed by atoms with Gasteiger partial charge in [0.15, 0.2) is 0 Å². The van der Waals surface area contributed by atoms with Gasteiger partial charge in [-0.1, -0.05) is 19.1 Å². The number of furan rings is 1. The van der Waals surface area contributed by atoms with E-state index < -0.39 is 6.10 Å². The van der Waals surface area contributed by atoms with Crippen LogP contribution in [0.4, 0.5) is 4.39 Å². The molecule has 0 aliphatic heterocycles. The van der Waals surface area contributed by atoms with Crippen molar-refractivity contribution in [3.63, 3.8) is 0 Å². The molecule has 0 bridgehead atoms. The molecular formula is C16H20FNO2. The maximum atomic E-state index is 12.8. The van der Waals surface area contributed by atoms with E-state index in [4.69, 9.17) is 4.42 Å². The van der Waals surface area contributed by atoms with Gasteiger partial charge in [-0.15, -0.1) is 0 Å². The fourth-order valence-electron chi connectivity index (χ4n) is 2.03. The first-order valence-electron chi connectivity index (χ1n) is 6.84. The van der Waals surface area contributed by atoms with Crippen molar-refractivity contribution in [3.05, 3.63) is 59.3 Å². The van der Waals surface area contributed by atoms with Crippen LogP contribution in [-0.2, 0) is 13.0 Å². The van der Waals surface area contributed by atoms with Gasteiger partial charge in [0.2, 0.25) is 0 Å². The molecule has 0 fully saturated rings. The Labute approximate surface area is 118 Å². The van der Waals surface area contributed by atoms with E-state index in [1.165, 1.54) is 12.1 Å². The van der Waals surface area contributed by atoms with Crippen molar-refractivity contribution in [1.82, 2.24) is 5.32 Å². The van der Waals surface area contributed by atoms with Gasteiger partial charge in [-0.25, -0.2) is 4.39 Å². The van der Waals surface area contributed by atoms with Crippen LogP contribution in [0.15, 0.2) is 40.8 Å². The highest BCUT2D eigenvalue weighted by Gasteiger charge is 2.16. The first-order chi connectivity index (χ1) is 9.60. The number of aliphatic hydroxyl groups is 1. The lowest BCUT2D eigenvalue weighted by Crippen LogP contribution is -2.31. The summed E-state index contributed by atoms with van der Waals surface area (Å²) in [5.41, 5.74) is 0.695. The summed E-state index contributed by atoms with van der Waals surface area (Å²) in [4.78, 5) is 0. The van der Waals surface area contributed by atoms with Crippen molar-refractivity contribution in [2.45, 2.75) is 39.0 Å². The van der Waals surface area contributed by atoms with Crippen LogP contribution < -0.4 is 5.32 Å². The average molecular weight is 277 g/mol. The van der Waals surface area contributed by atoms with Gasteiger partial charge < -0.3 is 14.8 Å². The van der Waals surface area contributed by atoms with Crippen molar-refractivity contribution in [1.29, 1.82) is 0 Å². The largest absolute Gasteiger partial charge is 0.465 e. The molecule has 1 aromatic heterocycles. The van der Waals surface area contributed by atoms with Gasteiger partial charge in [-0.05, 0) is 36.8 Å². The van der Waals surface area contributed by atoms with E-state index in [2.05, 4.69) is 5.32 Å². The van der Waals surface area contributed by atoms with Crippen LogP contribution in [0.2, 0.25) is 0 Å². The second kappa shape index (κ2) is 6.68. The molecule has 3 nitrogen and oxygen atoms in total. The molecule has 4 heteroatoms. The van der Waals surface area contributed by atoms with Gasteiger partial charge in [0.25, 0.3) is 0 Å². The van der Waals surface area contributed by atoms with E-state index in [0.29, 0.717) is 12.1 Å². The number of hydrogen-bond donors (Lipinski definition) is 2. The standard InChI is InChI=1S/C16H20FNO2/c1-3-14-8-9-15(20-14)10-18-11(2)16(19)12-4-6-13(17)7-5-12/h4-9,11,16,18-19H,3,10H2,1-2H3. The van der Waals surface area contributed by atoms with Gasteiger partial charge in [0.05, 0.1) is 12.6 Å². The Balaban J connectivity index is 1.90. The summed E-state index contributed by atoms with van der Waals surface area (Å²) in [7, 11) is 0. The molecule has 0 saturated heterocycles. The lowest BCUT2D eigenvalue weighted by Gasteiger charge is -2.20. The summed E-state index contributed by atoms with van der Waals surface area (Å²) >= 11 is 0. The highest BCUT2D eigenvalue weighted by Crippen LogP contribution is 2.18. The minimum absolute atomic E-state index is 0.157. The number of benzene rings is 1. The Hall–Kier alpha value is -1.65. The highest BCUT2D eigenvalue weighted by molar-refractivity contribution is 5.19. The zero-order valence-corrected chi connectivity index (χ0v) is 11.8. The van der Waals surface area contributed by atoms with E-state index in [0.717, 1.165) is 17.9 Å². The van der Waals surface area contributed by atoms with Crippen molar-refractivity contribution in [2.24, 2.45) is 0 Å². The maximum Gasteiger partial charge on any atom is 0.123 e. The molecule has 20 heavy (non-hydrogen) atoms. The Morgan fingerprint density at radius 1 is 1.15 bits per heavy atom. The lowest BCUT2D eigenvalue weighted by molar-refractivity contribution is 0.134. The summed E-state index contributed by atoms with van der Waals surface area (Å²) in [5.74, 6) is 1.50. The molecule has 2 atom stereocenters. The predicted octanol–water partition coefficient (Wildman–Crippen LogP) is 3.19. The average Bonchev–Trinajstić information content (AvgIpc) is 2.93. The SMILES string of the molecule is CCc1ccc(CNC(C)C(O)c2ccc(F)cc2)o1. The second-order valence-corrected chi connectivity index (χ2v) is 4.89. The molecule has 2 N–H and O–H groups in total. The molecule has 1 heterocycles. The summed E-state index contributed by atoms with van der Waals surface area (Å²) < 4.78 is 18.4. The Morgan fingerprint density at radius 2 is 1.80 bits per heavy atom. The predicted molar refractivity (Wildman–Crippen MR) is 75.7 cm³/mol. The first kappa shape index (κ1) is 14.8. The van der Waals surface area contributed by atoms with Gasteiger partial charge in [-0.2, -0.15) is 0 Å². The smallest absolute Gasteiger partial charge is 0.123 e. The quantitative estimate of drug-likeness (QED) is 0.852. The van der Waals surface area contributed by atoms with E-state index in [9.17, 15) is 9.50 Å². The van der Waals surface area contributed by atoms with Crippen molar-refractivity contribution in [3.8, 4) is 0 Å². The molecule has 0 amide bonds. The van der Waals surface area contributed by atoms with E-state index in [-0.39, 0.29) is 11.9 Å². The molecule has 0 saturated carbocycles. The number of hydrogen-bond acceptors (Lipinski definition) is 3. The van der Waals surface area contributed by atoms with Crippen molar-refractivity contribution in [2.75, 3.05) is 0 Å². The molecular weight excluding hydrogens is 257 g/mol. The molecule has 2 unspecified atom stereocenters. The van der Waals surface area contributed by atoms with Gasteiger partial charge in [-0.3, -0.25) is 0 Å². The normalized spacial score (nSPS) is 14.2. The summed E-state index contributed by atoms with van der Waals surface area (Å²) in [6, 6.07) is 9.63. The fraction of sp³-hybridized carbons (Fsp3) is 0.375. The minimum atomic E-state index is -0.684. The van der Waals surface area contributed by atoms with Crippen molar-refractivity contribution >= 4 is 0 Å². The van der Waals surface area contributed by atoms with Crippen LogP contribution in [0.25, 0.3) is 0 Å². The van der Waals surface area contributed by atoms with Crippen LogP contribution >= 0.6 is 0 Å². The number of aryl methyl sites for hydroxylation is 1. The van der Waals surface area contributed by atoms with Crippen LogP contribution in [0.3, 0.4) is 0 Å². The maximum absolute atomic E-state index is 12.8. The lowest BCUT2D eigenvalue weighted by atomic mass is 10.0. The van der Waals surface area contributed by atoms with Crippen LogP contribution in [-0.4, -0.2) is 11.1 Å². The highest BCUT2D eigenvalue weighted by atomic mass is 19.1. The van der Waals surface area contributed by atoms with Crippen LogP contribution in [0, 0.1) is 5.82 Å². The molecule has 0 aliphatic carbocycles. The molecule has 2 rings (SSSR count). The molecule has 108 valence electrons. The number of aliphatic hydroxyl groups excluding tert-OH is 1. The van der Waals surface area contributed by atoms with Gasteiger partial charge >= 0.3 is 0 Å². The molecule has 1 aromatic carbocycles. The Kier molecular flexibility index (Phi) is 4.93. The first-order valence-corrected chi connectivity index (χ1v) is 6.84. The van der Waals surface area contributed by atoms with E-state index in [1.54, 1.807) is 12.1 Å².